The van der Waals surface area contributed by atoms with Crippen LogP contribution >= 0.6 is 0 Å². The number of carbonyl (C=O) groups excluding carboxylic acids is 1. The highest BCUT2D eigenvalue weighted by molar-refractivity contribution is 5.79. The van der Waals surface area contributed by atoms with Crippen LogP contribution in [0.2, 0.25) is 0 Å². The molecule has 3 aromatic rings. The molecule has 0 radical (unpaired) electrons. The van der Waals surface area contributed by atoms with Gasteiger partial charge in [0, 0.05) is 11.8 Å². The molecule has 5 nitrogen and oxygen atoms in total. The van der Waals surface area contributed by atoms with Gasteiger partial charge in [-0.15, -0.1) is 0 Å². The summed E-state index contributed by atoms with van der Waals surface area (Å²) >= 11 is 0. The summed E-state index contributed by atoms with van der Waals surface area (Å²) in [5.41, 5.74) is 3.12. The predicted octanol–water partition coefficient (Wildman–Crippen LogP) is 4.60. The lowest BCUT2D eigenvalue weighted by Crippen LogP contribution is -2.32. The average molecular weight is 406 g/mol. The fourth-order valence-corrected chi connectivity index (χ4v) is 3.62. The van der Waals surface area contributed by atoms with Crippen LogP contribution in [0.1, 0.15) is 58.2 Å². The standard InChI is InChI=1S/C25H31N3O2/c1-17(2)24(18-10-12-19(13-11-18)25(3,4)5)27-23(30)14-15-28-21-9-7-6-8-20(21)22(29)16-26-28/h6-13,16-17,24H,14-15H2,1-5H3,(H,27,30). The molecule has 30 heavy (non-hydrogen) atoms. The van der Waals surface area contributed by atoms with Crippen molar-refractivity contribution in [1.82, 2.24) is 15.1 Å². The number of nitrogens with one attached hydrogen (secondary N) is 1. The van der Waals surface area contributed by atoms with Gasteiger partial charge in [-0.3, -0.25) is 14.3 Å². The Hall–Kier alpha value is -2.95. The molecule has 5 heteroatoms. The van der Waals surface area contributed by atoms with Crippen LogP contribution in [0.3, 0.4) is 0 Å². The second-order valence-corrected chi connectivity index (χ2v) is 9.16. The molecule has 0 spiro atoms. The summed E-state index contributed by atoms with van der Waals surface area (Å²) in [6.07, 6.45) is 1.61. The average Bonchev–Trinajstić information content (AvgIpc) is 2.71. The predicted molar refractivity (Wildman–Crippen MR) is 121 cm³/mol. The van der Waals surface area contributed by atoms with E-state index in [0.29, 0.717) is 18.4 Å². The van der Waals surface area contributed by atoms with Crippen molar-refractivity contribution in [3.8, 4) is 0 Å². The first kappa shape index (κ1) is 21.8. The van der Waals surface area contributed by atoms with E-state index in [-0.39, 0.29) is 28.7 Å². The maximum Gasteiger partial charge on any atom is 0.222 e. The summed E-state index contributed by atoms with van der Waals surface area (Å²) in [7, 11) is 0. The number of para-hydroxylation sites is 1. The van der Waals surface area contributed by atoms with Crippen molar-refractivity contribution in [3.05, 3.63) is 76.1 Å². The van der Waals surface area contributed by atoms with Crippen LogP contribution in [0.4, 0.5) is 0 Å². The number of fused-ring (bicyclic) bond motifs is 1. The Morgan fingerprint density at radius 3 is 2.37 bits per heavy atom. The van der Waals surface area contributed by atoms with Gasteiger partial charge in [-0.1, -0.05) is 71.0 Å². The number of hydrogen-bond donors (Lipinski definition) is 1. The highest BCUT2D eigenvalue weighted by Gasteiger charge is 2.20. The van der Waals surface area contributed by atoms with Crippen molar-refractivity contribution < 1.29 is 4.79 Å². The van der Waals surface area contributed by atoms with E-state index in [4.69, 9.17) is 0 Å². The third kappa shape index (κ3) is 4.96. The molecule has 0 saturated carbocycles. The van der Waals surface area contributed by atoms with E-state index in [1.54, 1.807) is 10.7 Å². The summed E-state index contributed by atoms with van der Waals surface area (Å²) in [4.78, 5) is 24.7. The van der Waals surface area contributed by atoms with E-state index < -0.39 is 0 Å². The van der Waals surface area contributed by atoms with Crippen molar-refractivity contribution in [3.63, 3.8) is 0 Å². The van der Waals surface area contributed by atoms with Gasteiger partial charge in [-0.05, 0) is 34.6 Å². The largest absolute Gasteiger partial charge is 0.349 e. The zero-order valence-corrected chi connectivity index (χ0v) is 18.5. The normalized spacial score (nSPS) is 12.9. The van der Waals surface area contributed by atoms with E-state index in [0.717, 1.165) is 11.1 Å². The summed E-state index contributed by atoms with van der Waals surface area (Å²) in [5, 5.41) is 8.00. The Bertz CT molecular complexity index is 1080. The molecule has 1 N–H and O–H groups in total. The van der Waals surface area contributed by atoms with E-state index in [9.17, 15) is 9.59 Å². The lowest BCUT2D eigenvalue weighted by Gasteiger charge is -2.25. The van der Waals surface area contributed by atoms with Crippen molar-refractivity contribution >= 4 is 16.8 Å². The fraction of sp³-hybridized carbons (Fsp3) is 0.400. The number of benzene rings is 2. The third-order valence-electron chi connectivity index (χ3n) is 5.43. The van der Waals surface area contributed by atoms with Crippen LogP contribution in [-0.2, 0) is 16.8 Å². The lowest BCUT2D eigenvalue weighted by molar-refractivity contribution is -0.122. The molecule has 0 aliphatic heterocycles. The molecular formula is C25H31N3O2. The minimum atomic E-state index is -0.107. The van der Waals surface area contributed by atoms with Crippen molar-refractivity contribution in [2.24, 2.45) is 5.92 Å². The zero-order chi connectivity index (χ0) is 21.9. The number of rotatable bonds is 6. The third-order valence-corrected chi connectivity index (χ3v) is 5.43. The maximum atomic E-state index is 12.7. The molecule has 0 aliphatic carbocycles. The smallest absolute Gasteiger partial charge is 0.222 e. The van der Waals surface area contributed by atoms with Crippen LogP contribution in [0.5, 0.6) is 0 Å². The topological polar surface area (TPSA) is 64.0 Å². The van der Waals surface area contributed by atoms with Crippen LogP contribution < -0.4 is 10.7 Å². The zero-order valence-electron chi connectivity index (χ0n) is 18.5. The molecule has 1 unspecified atom stereocenters. The molecule has 2 aromatic carbocycles. The first-order chi connectivity index (χ1) is 14.2. The highest BCUT2D eigenvalue weighted by atomic mass is 16.1. The monoisotopic (exact) mass is 405 g/mol. The van der Waals surface area contributed by atoms with Gasteiger partial charge in [-0.2, -0.15) is 5.10 Å². The van der Waals surface area contributed by atoms with Crippen molar-refractivity contribution in [2.75, 3.05) is 0 Å². The Kier molecular flexibility index (Phi) is 6.40. The molecular weight excluding hydrogens is 374 g/mol. The Balaban J connectivity index is 1.71. The van der Waals surface area contributed by atoms with Gasteiger partial charge in [0.05, 0.1) is 24.3 Å². The number of aromatic nitrogens is 2. The van der Waals surface area contributed by atoms with Crippen LogP contribution in [-0.4, -0.2) is 15.7 Å². The second kappa shape index (κ2) is 8.82. The SMILES string of the molecule is CC(C)C(NC(=O)CCn1ncc(=O)c2ccccc21)c1ccc(C(C)(C)C)cc1. The van der Waals surface area contributed by atoms with Crippen molar-refractivity contribution in [2.45, 2.75) is 59.0 Å². The summed E-state index contributed by atoms with van der Waals surface area (Å²) in [6, 6.07) is 15.8. The summed E-state index contributed by atoms with van der Waals surface area (Å²) < 4.78 is 1.72. The van der Waals surface area contributed by atoms with Gasteiger partial charge >= 0.3 is 0 Å². The molecule has 0 bridgehead atoms. The number of carbonyl (C=O) groups is 1. The van der Waals surface area contributed by atoms with Gasteiger partial charge < -0.3 is 5.32 Å². The molecule has 1 atom stereocenters. The van der Waals surface area contributed by atoms with Crippen LogP contribution in [0.15, 0.2) is 59.5 Å². The van der Waals surface area contributed by atoms with Crippen LogP contribution in [0, 0.1) is 5.92 Å². The number of nitrogens with zero attached hydrogens (tertiary/aromatic N) is 2. The fourth-order valence-electron chi connectivity index (χ4n) is 3.62. The molecule has 1 aromatic heterocycles. The minimum Gasteiger partial charge on any atom is -0.349 e. The molecule has 0 fully saturated rings. The first-order valence-electron chi connectivity index (χ1n) is 10.5. The van der Waals surface area contributed by atoms with Gasteiger partial charge in [0.25, 0.3) is 0 Å². The Morgan fingerprint density at radius 2 is 1.73 bits per heavy atom. The van der Waals surface area contributed by atoms with E-state index in [1.807, 2.05) is 18.2 Å². The van der Waals surface area contributed by atoms with E-state index >= 15 is 0 Å². The lowest BCUT2D eigenvalue weighted by atomic mass is 9.85. The minimum absolute atomic E-state index is 0.0295. The van der Waals surface area contributed by atoms with Gasteiger partial charge in [0.1, 0.15) is 0 Å². The number of amides is 1. The molecule has 3 rings (SSSR count). The van der Waals surface area contributed by atoms with E-state index in [1.165, 1.54) is 11.8 Å². The summed E-state index contributed by atoms with van der Waals surface area (Å²) in [5.74, 6) is 0.235. The Labute approximate surface area is 178 Å². The first-order valence-corrected chi connectivity index (χ1v) is 10.5. The van der Waals surface area contributed by atoms with Gasteiger partial charge in [-0.25, -0.2) is 0 Å². The molecule has 1 heterocycles. The Morgan fingerprint density at radius 1 is 1.07 bits per heavy atom. The number of aryl methyl sites for hydroxylation is 1. The van der Waals surface area contributed by atoms with E-state index in [2.05, 4.69) is 69.3 Å². The molecule has 1 amide bonds. The molecule has 0 aliphatic rings. The van der Waals surface area contributed by atoms with Crippen LogP contribution in [0.25, 0.3) is 10.9 Å². The number of hydrogen-bond acceptors (Lipinski definition) is 3. The van der Waals surface area contributed by atoms with Gasteiger partial charge in [0.15, 0.2) is 0 Å². The molecule has 158 valence electrons. The quantitative estimate of drug-likeness (QED) is 0.652. The molecule has 0 saturated heterocycles. The summed E-state index contributed by atoms with van der Waals surface area (Å²) in [6.45, 7) is 11.2. The van der Waals surface area contributed by atoms with Crippen molar-refractivity contribution in [1.29, 1.82) is 0 Å². The second-order valence-electron chi connectivity index (χ2n) is 9.16. The maximum absolute atomic E-state index is 12.7. The highest BCUT2D eigenvalue weighted by Crippen LogP contribution is 2.27. The van der Waals surface area contributed by atoms with Gasteiger partial charge in [0.2, 0.25) is 11.3 Å².